The molecule has 0 N–H and O–H groups in total. The number of hydrogen-bond donors (Lipinski definition) is 0. The highest BCUT2D eigenvalue weighted by atomic mass is 15.3. The zero-order chi connectivity index (χ0) is 17.9. The molecule has 0 amide bonds. The standard InChI is InChI=1S/C19H25N7/c1-23-13-17(11-21-23)19-18(14-24(2)22-19)15-26-8-6-25(7-9-26)12-16-4-3-5-20-10-16/h3-5,10-11,13-14H,6-9,12,15H2,1-2H3. The van der Waals surface area contributed by atoms with E-state index in [9.17, 15) is 0 Å². The van der Waals surface area contributed by atoms with Gasteiger partial charge in [-0.3, -0.25) is 24.1 Å². The molecule has 3 aromatic heterocycles. The van der Waals surface area contributed by atoms with Gasteiger partial charge in [0.15, 0.2) is 0 Å². The molecule has 4 rings (SSSR count). The summed E-state index contributed by atoms with van der Waals surface area (Å²) in [6, 6.07) is 4.16. The van der Waals surface area contributed by atoms with Gasteiger partial charge in [0.25, 0.3) is 0 Å². The van der Waals surface area contributed by atoms with Gasteiger partial charge in [0.05, 0.1) is 11.9 Å². The highest BCUT2D eigenvalue weighted by Gasteiger charge is 2.20. The summed E-state index contributed by atoms with van der Waals surface area (Å²) in [4.78, 5) is 9.22. The fourth-order valence-electron chi connectivity index (χ4n) is 3.54. The third-order valence-electron chi connectivity index (χ3n) is 4.87. The Kier molecular flexibility index (Phi) is 4.81. The summed E-state index contributed by atoms with van der Waals surface area (Å²) in [5, 5.41) is 8.93. The average molecular weight is 351 g/mol. The van der Waals surface area contributed by atoms with E-state index in [0.717, 1.165) is 50.5 Å². The monoisotopic (exact) mass is 351 g/mol. The molecule has 0 bridgehead atoms. The molecule has 7 heteroatoms. The minimum atomic E-state index is 0.929. The molecule has 0 saturated carbocycles. The molecule has 1 saturated heterocycles. The van der Waals surface area contributed by atoms with Gasteiger partial charge in [0, 0.05) is 89.3 Å². The van der Waals surface area contributed by atoms with Gasteiger partial charge in [-0.05, 0) is 11.6 Å². The van der Waals surface area contributed by atoms with Crippen LogP contribution in [0.4, 0.5) is 0 Å². The van der Waals surface area contributed by atoms with Crippen LogP contribution >= 0.6 is 0 Å². The predicted molar refractivity (Wildman–Crippen MR) is 100 cm³/mol. The van der Waals surface area contributed by atoms with Crippen molar-refractivity contribution in [3.8, 4) is 11.3 Å². The molecule has 0 spiro atoms. The number of rotatable bonds is 5. The van der Waals surface area contributed by atoms with Gasteiger partial charge in [-0.1, -0.05) is 6.07 Å². The molecule has 136 valence electrons. The molecule has 0 radical (unpaired) electrons. The first kappa shape index (κ1) is 16.9. The normalized spacial score (nSPS) is 16.2. The van der Waals surface area contributed by atoms with Crippen LogP contribution in [0.1, 0.15) is 11.1 Å². The molecule has 26 heavy (non-hydrogen) atoms. The van der Waals surface area contributed by atoms with E-state index in [1.165, 1.54) is 11.1 Å². The third-order valence-corrected chi connectivity index (χ3v) is 4.87. The quantitative estimate of drug-likeness (QED) is 0.698. The second kappa shape index (κ2) is 7.39. The van der Waals surface area contributed by atoms with Crippen LogP contribution in [0.2, 0.25) is 0 Å². The SMILES string of the molecule is Cn1cc(-c2nn(C)cc2CN2CCN(Cc3cccnc3)CC2)cn1. The zero-order valence-electron chi connectivity index (χ0n) is 15.4. The minimum Gasteiger partial charge on any atom is -0.296 e. The molecular formula is C19H25N7. The highest BCUT2D eigenvalue weighted by molar-refractivity contribution is 5.60. The number of aromatic nitrogens is 5. The lowest BCUT2D eigenvalue weighted by atomic mass is 10.1. The highest BCUT2D eigenvalue weighted by Crippen LogP contribution is 2.23. The number of piperazine rings is 1. The number of pyridine rings is 1. The number of hydrogen-bond acceptors (Lipinski definition) is 5. The van der Waals surface area contributed by atoms with Crippen molar-refractivity contribution < 1.29 is 0 Å². The molecule has 0 unspecified atom stereocenters. The number of aryl methyl sites for hydroxylation is 2. The van der Waals surface area contributed by atoms with Gasteiger partial charge in [-0.15, -0.1) is 0 Å². The minimum absolute atomic E-state index is 0.929. The molecule has 4 heterocycles. The van der Waals surface area contributed by atoms with Gasteiger partial charge in [-0.2, -0.15) is 10.2 Å². The maximum atomic E-state index is 4.65. The summed E-state index contributed by atoms with van der Waals surface area (Å²) in [5.74, 6) is 0. The summed E-state index contributed by atoms with van der Waals surface area (Å²) >= 11 is 0. The van der Waals surface area contributed by atoms with E-state index >= 15 is 0 Å². The summed E-state index contributed by atoms with van der Waals surface area (Å²) in [7, 11) is 3.92. The first-order valence-corrected chi connectivity index (χ1v) is 9.02. The Morgan fingerprint density at radius 2 is 1.69 bits per heavy atom. The van der Waals surface area contributed by atoms with Crippen molar-refractivity contribution in [2.75, 3.05) is 26.2 Å². The second-order valence-corrected chi connectivity index (χ2v) is 6.99. The van der Waals surface area contributed by atoms with Gasteiger partial charge >= 0.3 is 0 Å². The van der Waals surface area contributed by atoms with Crippen molar-refractivity contribution in [2.45, 2.75) is 13.1 Å². The average Bonchev–Trinajstić information content (AvgIpc) is 3.23. The number of nitrogens with zero attached hydrogens (tertiary/aromatic N) is 7. The fraction of sp³-hybridized carbons (Fsp3) is 0.421. The second-order valence-electron chi connectivity index (χ2n) is 6.99. The van der Waals surface area contributed by atoms with E-state index in [1.54, 1.807) is 0 Å². The lowest BCUT2D eigenvalue weighted by molar-refractivity contribution is 0.122. The lowest BCUT2D eigenvalue weighted by Crippen LogP contribution is -2.45. The molecule has 0 atom stereocenters. The van der Waals surface area contributed by atoms with Crippen molar-refractivity contribution in [1.29, 1.82) is 0 Å². The maximum absolute atomic E-state index is 4.65. The summed E-state index contributed by atoms with van der Waals surface area (Å²) in [5.41, 5.74) is 4.67. The van der Waals surface area contributed by atoms with Crippen LogP contribution in [0.25, 0.3) is 11.3 Å². The molecule has 7 nitrogen and oxygen atoms in total. The summed E-state index contributed by atoms with van der Waals surface area (Å²) < 4.78 is 3.72. The Morgan fingerprint density at radius 1 is 0.923 bits per heavy atom. The lowest BCUT2D eigenvalue weighted by Gasteiger charge is -2.34. The molecule has 1 aliphatic heterocycles. The Balaban J connectivity index is 1.38. The van der Waals surface area contributed by atoms with Crippen molar-refractivity contribution in [3.05, 3.63) is 54.2 Å². The van der Waals surface area contributed by atoms with Crippen LogP contribution in [0, 0.1) is 0 Å². The van der Waals surface area contributed by atoms with E-state index in [2.05, 4.69) is 37.2 Å². The summed E-state index contributed by atoms with van der Waals surface area (Å²) in [6.45, 7) is 6.21. The third kappa shape index (κ3) is 3.84. The van der Waals surface area contributed by atoms with Crippen LogP contribution in [0.15, 0.2) is 43.1 Å². The van der Waals surface area contributed by atoms with Gasteiger partial charge in [-0.25, -0.2) is 0 Å². The van der Waals surface area contributed by atoms with Crippen LogP contribution in [-0.4, -0.2) is 60.5 Å². The molecule has 1 aliphatic rings. The van der Waals surface area contributed by atoms with E-state index in [1.807, 2.05) is 54.3 Å². The first-order valence-electron chi connectivity index (χ1n) is 9.02. The van der Waals surface area contributed by atoms with Gasteiger partial charge in [0.2, 0.25) is 0 Å². The Hall–Kier alpha value is -2.51. The molecular weight excluding hydrogens is 326 g/mol. The molecule has 0 aliphatic carbocycles. The first-order chi connectivity index (χ1) is 12.7. The maximum Gasteiger partial charge on any atom is 0.0999 e. The van der Waals surface area contributed by atoms with Gasteiger partial charge in [0.1, 0.15) is 0 Å². The van der Waals surface area contributed by atoms with E-state index in [0.29, 0.717) is 0 Å². The largest absolute Gasteiger partial charge is 0.296 e. The van der Waals surface area contributed by atoms with E-state index < -0.39 is 0 Å². The smallest absolute Gasteiger partial charge is 0.0999 e. The summed E-state index contributed by atoms with van der Waals surface area (Å²) in [6.07, 6.45) is 9.83. The topological polar surface area (TPSA) is 55.0 Å². The van der Waals surface area contributed by atoms with Crippen molar-refractivity contribution >= 4 is 0 Å². The van der Waals surface area contributed by atoms with Crippen LogP contribution in [-0.2, 0) is 27.2 Å². The zero-order valence-corrected chi connectivity index (χ0v) is 15.4. The fourth-order valence-corrected chi connectivity index (χ4v) is 3.54. The van der Waals surface area contributed by atoms with Crippen molar-refractivity contribution in [1.82, 2.24) is 34.3 Å². The van der Waals surface area contributed by atoms with Crippen molar-refractivity contribution in [3.63, 3.8) is 0 Å². The van der Waals surface area contributed by atoms with Crippen molar-refractivity contribution in [2.24, 2.45) is 14.1 Å². The Morgan fingerprint density at radius 3 is 2.35 bits per heavy atom. The Labute approximate surface area is 153 Å². The molecule has 1 fully saturated rings. The predicted octanol–water partition coefficient (Wildman–Crippen LogP) is 1.53. The molecule has 0 aromatic carbocycles. The van der Waals surface area contributed by atoms with E-state index in [4.69, 9.17) is 0 Å². The van der Waals surface area contributed by atoms with Gasteiger partial charge < -0.3 is 0 Å². The molecule has 3 aromatic rings. The van der Waals surface area contributed by atoms with Crippen LogP contribution < -0.4 is 0 Å². The Bertz CT molecular complexity index is 844. The van der Waals surface area contributed by atoms with E-state index in [-0.39, 0.29) is 0 Å². The van der Waals surface area contributed by atoms with Crippen LogP contribution in [0.5, 0.6) is 0 Å². The van der Waals surface area contributed by atoms with Crippen LogP contribution in [0.3, 0.4) is 0 Å².